The van der Waals surface area contributed by atoms with Crippen molar-refractivity contribution in [2.75, 3.05) is 13.2 Å². The third kappa shape index (κ3) is 3.91. The van der Waals surface area contributed by atoms with Gasteiger partial charge >= 0.3 is 5.97 Å². The van der Waals surface area contributed by atoms with Crippen molar-refractivity contribution in [1.29, 1.82) is 0 Å². The Morgan fingerprint density at radius 1 is 1.14 bits per heavy atom. The fraction of sp³-hybridized carbons (Fsp3) is 0.185. The van der Waals surface area contributed by atoms with Crippen molar-refractivity contribution < 1.29 is 24.1 Å². The van der Waals surface area contributed by atoms with E-state index >= 15 is 0 Å². The van der Waals surface area contributed by atoms with Gasteiger partial charge in [-0.25, -0.2) is 9.18 Å². The average Bonchev–Trinajstić information content (AvgIpc) is 3.43. The van der Waals surface area contributed by atoms with E-state index < -0.39 is 5.97 Å². The molecule has 0 amide bonds. The van der Waals surface area contributed by atoms with Crippen LogP contribution in [0.5, 0.6) is 5.75 Å². The summed E-state index contributed by atoms with van der Waals surface area (Å²) in [4.78, 5) is 11.6. The molecule has 0 bridgehead atoms. The molecule has 0 spiro atoms. The summed E-state index contributed by atoms with van der Waals surface area (Å²) in [5, 5.41) is 27.9. The fourth-order valence-electron chi connectivity index (χ4n) is 4.58. The molecule has 0 unspecified atom stereocenters. The number of carboxylic acid groups (broad SMARTS) is 1. The quantitative estimate of drug-likeness (QED) is 0.290. The number of benzene rings is 3. The van der Waals surface area contributed by atoms with Gasteiger partial charge in [-0.2, -0.15) is 5.10 Å². The van der Waals surface area contributed by atoms with Crippen LogP contribution in [0.2, 0.25) is 0 Å². The Bertz CT molecular complexity index is 1550. The maximum atomic E-state index is 13.8. The van der Waals surface area contributed by atoms with Gasteiger partial charge < -0.3 is 19.5 Å². The van der Waals surface area contributed by atoms with Crippen LogP contribution in [0.1, 0.15) is 35.8 Å². The molecule has 7 nitrogen and oxygen atoms in total. The molecule has 178 valence electrons. The van der Waals surface area contributed by atoms with Gasteiger partial charge in [-0.15, -0.1) is 0 Å². The number of aromatic carboxylic acids is 1. The highest BCUT2D eigenvalue weighted by Crippen LogP contribution is 2.45. The van der Waals surface area contributed by atoms with Crippen LogP contribution in [0.25, 0.3) is 38.6 Å². The number of rotatable bonds is 7. The lowest BCUT2D eigenvalue weighted by molar-refractivity contribution is 0.0696. The summed E-state index contributed by atoms with van der Waals surface area (Å²) in [5.41, 5.74) is 5.19. The number of aromatic nitrogens is 3. The lowest BCUT2D eigenvalue weighted by Crippen LogP contribution is -2.06. The number of carboxylic acids is 1. The summed E-state index contributed by atoms with van der Waals surface area (Å²) in [6.45, 7) is 3.96. The number of aliphatic hydroxyl groups excluding tert-OH is 1. The topological polar surface area (TPSA) is 100 Å². The van der Waals surface area contributed by atoms with Crippen LogP contribution in [-0.4, -0.2) is 44.2 Å². The minimum atomic E-state index is -1.07. The molecular weight excluding hydrogens is 449 g/mol. The van der Waals surface area contributed by atoms with Crippen LogP contribution in [0.3, 0.4) is 0 Å². The summed E-state index contributed by atoms with van der Waals surface area (Å²) in [6, 6.07) is 15.1. The highest BCUT2D eigenvalue weighted by molar-refractivity contribution is 6.07. The van der Waals surface area contributed by atoms with E-state index in [1.807, 2.05) is 12.1 Å². The summed E-state index contributed by atoms with van der Waals surface area (Å²) in [6.07, 6.45) is 1.75. The molecule has 2 heterocycles. The van der Waals surface area contributed by atoms with Crippen LogP contribution in [0, 0.1) is 5.82 Å². The Labute approximate surface area is 200 Å². The van der Waals surface area contributed by atoms with E-state index in [0.29, 0.717) is 11.3 Å². The van der Waals surface area contributed by atoms with Crippen molar-refractivity contribution in [3.63, 3.8) is 0 Å². The molecule has 3 N–H and O–H groups in total. The summed E-state index contributed by atoms with van der Waals surface area (Å²) in [5.74, 6) is -0.979. The first-order valence-corrected chi connectivity index (χ1v) is 11.3. The Balaban J connectivity index is 1.90. The monoisotopic (exact) mass is 473 g/mol. The largest absolute Gasteiger partial charge is 0.491 e. The molecule has 5 aromatic rings. The number of hydrogen-bond donors (Lipinski definition) is 3. The maximum absolute atomic E-state index is 13.8. The molecule has 0 saturated carbocycles. The van der Waals surface area contributed by atoms with Crippen molar-refractivity contribution in [3.8, 4) is 22.6 Å². The Kier molecular flexibility index (Phi) is 5.74. The standard InChI is InChI=1S/C27H24FN3O4/c1-15(2)26-25(20-8-3-16(27(33)34)12-24(20)35-10-9-32)21-13-22-17(14-29-30-22)11-23(21)31(26)19-6-4-18(28)5-7-19/h3-8,11-15,32H,9-10H2,1-2H3,(H,29,30)(H,33,34). The minimum Gasteiger partial charge on any atom is -0.491 e. The number of hydrogen-bond acceptors (Lipinski definition) is 4. The molecule has 0 radical (unpaired) electrons. The number of halogens is 1. The molecule has 0 fully saturated rings. The van der Waals surface area contributed by atoms with Gasteiger partial charge in [-0.05, 0) is 60.5 Å². The van der Waals surface area contributed by atoms with E-state index in [9.17, 15) is 19.4 Å². The zero-order valence-electron chi connectivity index (χ0n) is 19.2. The zero-order chi connectivity index (χ0) is 24.7. The summed E-state index contributed by atoms with van der Waals surface area (Å²) < 4.78 is 21.7. The second-order valence-corrected chi connectivity index (χ2v) is 8.64. The number of aromatic amines is 1. The summed E-state index contributed by atoms with van der Waals surface area (Å²) in [7, 11) is 0. The van der Waals surface area contributed by atoms with Crippen LogP contribution in [0.4, 0.5) is 4.39 Å². The summed E-state index contributed by atoms with van der Waals surface area (Å²) >= 11 is 0. The van der Waals surface area contributed by atoms with Crippen molar-refractivity contribution in [2.24, 2.45) is 0 Å². The van der Waals surface area contributed by atoms with Crippen LogP contribution < -0.4 is 4.74 Å². The minimum absolute atomic E-state index is 0.0223. The third-order valence-electron chi connectivity index (χ3n) is 6.04. The van der Waals surface area contributed by atoms with E-state index in [4.69, 9.17) is 4.74 Å². The number of nitrogens with one attached hydrogen (secondary N) is 1. The van der Waals surface area contributed by atoms with Gasteiger partial charge in [0.15, 0.2) is 0 Å². The van der Waals surface area contributed by atoms with Gasteiger partial charge in [-0.3, -0.25) is 5.10 Å². The molecule has 8 heteroatoms. The van der Waals surface area contributed by atoms with Gasteiger partial charge in [0.25, 0.3) is 0 Å². The molecule has 0 aliphatic heterocycles. The van der Waals surface area contributed by atoms with E-state index in [0.717, 1.165) is 38.8 Å². The third-order valence-corrected chi connectivity index (χ3v) is 6.04. The molecule has 0 saturated heterocycles. The highest BCUT2D eigenvalue weighted by Gasteiger charge is 2.25. The first-order valence-electron chi connectivity index (χ1n) is 11.3. The molecule has 0 aliphatic carbocycles. The second-order valence-electron chi connectivity index (χ2n) is 8.64. The number of fused-ring (bicyclic) bond motifs is 2. The van der Waals surface area contributed by atoms with Crippen molar-refractivity contribution in [2.45, 2.75) is 19.8 Å². The highest BCUT2D eigenvalue weighted by atomic mass is 19.1. The Morgan fingerprint density at radius 2 is 1.91 bits per heavy atom. The SMILES string of the molecule is CC(C)c1c(-c2ccc(C(=O)O)cc2OCCO)c2cc3[nH]ncc3cc2n1-c1ccc(F)cc1. The molecule has 0 aliphatic rings. The van der Waals surface area contributed by atoms with Crippen LogP contribution >= 0.6 is 0 Å². The number of H-pyrrole nitrogens is 1. The van der Waals surface area contributed by atoms with Gasteiger partial charge in [0.1, 0.15) is 18.2 Å². The van der Waals surface area contributed by atoms with Crippen molar-refractivity contribution in [3.05, 3.63) is 77.9 Å². The van der Waals surface area contributed by atoms with Gasteiger partial charge in [-0.1, -0.05) is 13.8 Å². The molecule has 0 atom stereocenters. The van der Waals surface area contributed by atoms with Crippen molar-refractivity contribution in [1.82, 2.24) is 14.8 Å². The van der Waals surface area contributed by atoms with E-state index in [1.165, 1.54) is 18.2 Å². The lowest BCUT2D eigenvalue weighted by Gasteiger charge is -2.18. The first kappa shape index (κ1) is 22.6. The fourth-order valence-corrected chi connectivity index (χ4v) is 4.58. The smallest absolute Gasteiger partial charge is 0.335 e. The molecule has 2 aromatic heterocycles. The van der Waals surface area contributed by atoms with Crippen molar-refractivity contribution >= 4 is 27.8 Å². The Hall–Kier alpha value is -4.17. The van der Waals surface area contributed by atoms with E-state index in [2.05, 4.69) is 28.6 Å². The number of ether oxygens (including phenoxy) is 1. The first-order chi connectivity index (χ1) is 16.9. The van der Waals surface area contributed by atoms with E-state index in [-0.39, 0.29) is 30.5 Å². The lowest BCUT2D eigenvalue weighted by atomic mass is 9.95. The molecular formula is C27H24FN3O4. The molecule has 35 heavy (non-hydrogen) atoms. The second kappa shape index (κ2) is 8.88. The van der Waals surface area contributed by atoms with Gasteiger partial charge in [0.2, 0.25) is 0 Å². The zero-order valence-corrected chi connectivity index (χ0v) is 19.2. The number of carbonyl (C=O) groups is 1. The van der Waals surface area contributed by atoms with Crippen LogP contribution in [-0.2, 0) is 0 Å². The predicted octanol–water partition coefficient (Wildman–Crippen LogP) is 5.51. The molecule has 5 rings (SSSR count). The predicted molar refractivity (Wildman–Crippen MR) is 132 cm³/mol. The van der Waals surface area contributed by atoms with E-state index in [1.54, 1.807) is 30.5 Å². The van der Waals surface area contributed by atoms with Crippen LogP contribution in [0.15, 0.2) is 60.8 Å². The van der Waals surface area contributed by atoms with Gasteiger partial charge in [0, 0.05) is 33.3 Å². The van der Waals surface area contributed by atoms with Gasteiger partial charge in [0.05, 0.1) is 29.4 Å². The molecule has 3 aromatic carbocycles. The normalized spacial score (nSPS) is 11.6. The average molecular weight is 474 g/mol. The Morgan fingerprint density at radius 3 is 2.60 bits per heavy atom. The number of aliphatic hydroxyl groups is 1. The maximum Gasteiger partial charge on any atom is 0.335 e. The number of nitrogens with zero attached hydrogens (tertiary/aromatic N) is 2.